The fourth-order valence-corrected chi connectivity index (χ4v) is 2.91. The Morgan fingerprint density at radius 2 is 1.79 bits per heavy atom. The van der Waals surface area contributed by atoms with Crippen LogP contribution >= 0.6 is 0 Å². The van der Waals surface area contributed by atoms with Gasteiger partial charge in [0.25, 0.3) is 0 Å². The van der Waals surface area contributed by atoms with Gasteiger partial charge in [-0.05, 0) is 19.1 Å². The van der Waals surface area contributed by atoms with E-state index in [0.29, 0.717) is 36.3 Å². The quantitative estimate of drug-likeness (QED) is 0.443. The number of pyridine rings is 1. The van der Waals surface area contributed by atoms with E-state index in [2.05, 4.69) is 25.8 Å². The second-order valence-electron chi connectivity index (χ2n) is 6.10. The highest BCUT2D eigenvalue weighted by atomic mass is 16.5. The summed E-state index contributed by atoms with van der Waals surface area (Å²) < 4.78 is 18.2. The molecule has 0 saturated carbocycles. The van der Waals surface area contributed by atoms with Crippen LogP contribution in [0.2, 0.25) is 0 Å². The maximum absolute atomic E-state index is 5.50. The van der Waals surface area contributed by atoms with E-state index in [0.717, 1.165) is 23.6 Å². The molecule has 0 aliphatic carbocycles. The maximum atomic E-state index is 5.50. The average Bonchev–Trinajstić information content (AvgIpc) is 3.18. The Morgan fingerprint density at radius 3 is 2.45 bits per heavy atom. The zero-order valence-corrected chi connectivity index (χ0v) is 17.1. The Morgan fingerprint density at radius 1 is 1.03 bits per heavy atom. The number of benzene rings is 1. The number of fused-ring (bicyclic) bond motifs is 1. The molecule has 154 valence electrons. The predicted octanol–water partition coefficient (Wildman–Crippen LogP) is 2.01. The number of ether oxygens (including phenoxy) is 3. The van der Waals surface area contributed by atoms with Crippen molar-refractivity contribution >= 4 is 11.6 Å². The molecular weight excluding hydrogens is 372 g/mol. The van der Waals surface area contributed by atoms with E-state index in [1.165, 1.54) is 0 Å². The third-order valence-corrected chi connectivity index (χ3v) is 4.35. The summed E-state index contributed by atoms with van der Waals surface area (Å²) in [6.45, 7) is 3.58. The van der Waals surface area contributed by atoms with Gasteiger partial charge in [-0.1, -0.05) is 6.07 Å². The summed E-state index contributed by atoms with van der Waals surface area (Å²) in [4.78, 5) is 4.67. The maximum Gasteiger partial charge on any atom is 0.191 e. The number of nitrogens with zero attached hydrogens (tertiary/aromatic N) is 4. The molecule has 0 fully saturated rings. The fourth-order valence-electron chi connectivity index (χ4n) is 2.91. The van der Waals surface area contributed by atoms with Gasteiger partial charge in [-0.2, -0.15) is 0 Å². The van der Waals surface area contributed by atoms with Crippen LogP contribution in [-0.2, 0) is 13.1 Å². The number of nitrogens with one attached hydrogen (secondary N) is 2. The Labute approximate surface area is 169 Å². The van der Waals surface area contributed by atoms with Gasteiger partial charge in [-0.3, -0.25) is 4.40 Å². The highest BCUT2D eigenvalue weighted by Crippen LogP contribution is 2.34. The van der Waals surface area contributed by atoms with E-state index in [4.69, 9.17) is 14.2 Å². The summed E-state index contributed by atoms with van der Waals surface area (Å²) in [5.74, 6) is 3.43. The molecule has 0 aliphatic heterocycles. The fraction of sp³-hybridized carbons (Fsp3) is 0.350. The van der Waals surface area contributed by atoms with Crippen molar-refractivity contribution in [3.8, 4) is 17.2 Å². The summed E-state index contributed by atoms with van der Waals surface area (Å²) in [7, 11) is 4.83. The van der Waals surface area contributed by atoms with Crippen molar-refractivity contribution in [3.05, 3.63) is 47.9 Å². The first kappa shape index (κ1) is 20.2. The number of guanidine groups is 1. The molecule has 9 nitrogen and oxygen atoms in total. The predicted molar refractivity (Wildman–Crippen MR) is 111 cm³/mol. The van der Waals surface area contributed by atoms with Crippen LogP contribution in [-0.4, -0.2) is 48.4 Å². The molecule has 3 rings (SSSR count). The van der Waals surface area contributed by atoms with Crippen molar-refractivity contribution in [2.45, 2.75) is 20.0 Å². The molecule has 2 heterocycles. The Balaban J connectivity index is 1.79. The summed E-state index contributed by atoms with van der Waals surface area (Å²) in [6.07, 6.45) is 1.93. The molecule has 0 bridgehead atoms. The first-order valence-corrected chi connectivity index (χ1v) is 9.29. The zero-order valence-electron chi connectivity index (χ0n) is 17.1. The average molecular weight is 398 g/mol. The first-order chi connectivity index (χ1) is 14.2. The van der Waals surface area contributed by atoms with Crippen LogP contribution < -0.4 is 24.8 Å². The molecule has 0 saturated heterocycles. The summed E-state index contributed by atoms with van der Waals surface area (Å²) in [6, 6.07) is 9.42. The Kier molecular flexibility index (Phi) is 6.72. The van der Waals surface area contributed by atoms with E-state index in [1.807, 2.05) is 47.9 Å². The lowest BCUT2D eigenvalue weighted by molar-refractivity contribution is 0.369. The molecule has 3 aromatic rings. The molecular formula is C20H26N6O3. The molecule has 0 unspecified atom stereocenters. The van der Waals surface area contributed by atoms with Crippen LogP contribution in [0.5, 0.6) is 17.2 Å². The first-order valence-electron chi connectivity index (χ1n) is 9.29. The lowest BCUT2D eigenvalue weighted by atomic mass is 10.1. The number of aromatic nitrogens is 3. The van der Waals surface area contributed by atoms with Crippen molar-refractivity contribution in [1.82, 2.24) is 25.2 Å². The van der Waals surface area contributed by atoms with Gasteiger partial charge < -0.3 is 24.8 Å². The van der Waals surface area contributed by atoms with Crippen molar-refractivity contribution in [2.24, 2.45) is 4.99 Å². The van der Waals surface area contributed by atoms with Crippen LogP contribution in [0.3, 0.4) is 0 Å². The van der Waals surface area contributed by atoms with E-state index in [1.54, 1.807) is 21.3 Å². The van der Waals surface area contributed by atoms with Crippen LogP contribution in [0, 0.1) is 0 Å². The number of aliphatic imine (C=N–C) groups is 1. The zero-order chi connectivity index (χ0) is 20.6. The van der Waals surface area contributed by atoms with Gasteiger partial charge in [0, 0.05) is 24.9 Å². The lowest BCUT2D eigenvalue weighted by Gasteiger charge is -2.15. The van der Waals surface area contributed by atoms with Gasteiger partial charge >= 0.3 is 0 Å². The molecule has 0 amide bonds. The summed E-state index contributed by atoms with van der Waals surface area (Å²) in [5, 5.41) is 14.9. The molecule has 0 radical (unpaired) electrons. The van der Waals surface area contributed by atoms with Gasteiger partial charge in [-0.25, -0.2) is 4.99 Å². The van der Waals surface area contributed by atoms with Gasteiger partial charge in [0.1, 0.15) is 17.2 Å². The van der Waals surface area contributed by atoms with Crippen LogP contribution in [0.25, 0.3) is 5.65 Å². The lowest BCUT2D eigenvalue weighted by Crippen LogP contribution is -2.37. The monoisotopic (exact) mass is 398 g/mol. The number of rotatable bonds is 8. The smallest absolute Gasteiger partial charge is 0.191 e. The summed E-state index contributed by atoms with van der Waals surface area (Å²) in [5.41, 5.74) is 1.64. The molecule has 29 heavy (non-hydrogen) atoms. The second kappa shape index (κ2) is 9.63. The highest BCUT2D eigenvalue weighted by Gasteiger charge is 2.13. The summed E-state index contributed by atoms with van der Waals surface area (Å²) >= 11 is 0. The molecule has 2 aromatic heterocycles. The van der Waals surface area contributed by atoms with Gasteiger partial charge in [0.15, 0.2) is 17.4 Å². The van der Waals surface area contributed by atoms with Crippen LogP contribution in [0.1, 0.15) is 18.3 Å². The second-order valence-corrected chi connectivity index (χ2v) is 6.10. The Hall–Kier alpha value is -3.49. The minimum Gasteiger partial charge on any atom is -0.496 e. The third kappa shape index (κ3) is 4.68. The number of hydrogen-bond acceptors (Lipinski definition) is 6. The number of methoxy groups -OCH3 is 3. The standard InChI is InChI=1S/C20H26N6O3/c1-5-21-20(23-13-19-25-24-18-8-6-7-9-26(18)19)22-12-15-16(28-3)10-14(27-2)11-17(15)29-4/h6-11H,5,12-13H2,1-4H3,(H2,21,22,23). The van der Waals surface area contributed by atoms with E-state index in [-0.39, 0.29) is 0 Å². The minimum absolute atomic E-state index is 0.367. The minimum atomic E-state index is 0.367. The van der Waals surface area contributed by atoms with E-state index >= 15 is 0 Å². The van der Waals surface area contributed by atoms with Gasteiger partial charge in [0.05, 0.1) is 40.0 Å². The van der Waals surface area contributed by atoms with Crippen LogP contribution in [0.15, 0.2) is 41.5 Å². The molecule has 0 aliphatic rings. The Bertz CT molecular complexity index is 960. The molecule has 0 spiro atoms. The van der Waals surface area contributed by atoms with Gasteiger partial charge in [0.2, 0.25) is 0 Å². The van der Waals surface area contributed by atoms with Crippen molar-refractivity contribution in [1.29, 1.82) is 0 Å². The van der Waals surface area contributed by atoms with Gasteiger partial charge in [-0.15, -0.1) is 10.2 Å². The van der Waals surface area contributed by atoms with E-state index in [9.17, 15) is 0 Å². The van der Waals surface area contributed by atoms with Crippen LogP contribution in [0.4, 0.5) is 0 Å². The molecule has 9 heteroatoms. The van der Waals surface area contributed by atoms with Crippen molar-refractivity contribution < 1.29 is 14.2 Å². The van der Waals surface area contributed by atoms with Crippen molar-refractivity contribution in [3.63, 3.8) is 0 Å². The molecule has 0 atom stereocenters. The highest BCUT2D eigenvalue weighted by molar-refractivity contribution is 5.79. The SMILES string of the molecule is CCNC(=NCc1c(OC)cc(OC)cc1OC)NCc1nnc2ccccn12. The van der Waals surface area contributed by atoms with E-state index < -0.39 is 0 Å². The molecule has 2 N–H and O–H groups in total. The van der Waals surface area contributed by atoms with Crippen molar-refractivity contribution in [2.75, 3.05) is 27.9 Å². The normalized spacial score (nSPS) is 11.4. The topological polar surface area (TPSA) is 94.3 Å². The third-order valence-electron chi connectivity index (χ3n) is 4.35. The largest absolute Gasteiger partial charge is 0.496 e. The number of hydrogen-bond donors (Lipinski definition) is 2. The molecule has 1 aromatic carbocycles.